The van der Waals surface area contributed by atoms with Crippen LogP contribution >= 0.6 is 11.6 Å². The van der Waals surface area contributed by atoms with Crippen molar-refractivity contribution < 1.29 is 33.4 Å². The highest BCUT2D eigenvalue weighted by atomic mass is 35.5. The highest BCUT2D eigenvalue weighted by Crippen LogP contribution is 2.59. The molecule has 9 rings (SSSR count). The van der Waals surface area contributed by atoms with Crippen molar-refractivity contribution in [2.24, 2.45) is 10.8 Å². The summed E-state index contributed by atoms with van der Waals surface area (Å²) < 4.78 is 12.8. The number of benzene rings is 3. The molecule has 5 amide bonds. The molecule has 1 saturated carbocycles. The largest absolute Gasteiger partial charge is 0.489 e. The van der Waals surface area contributed by atoms with Gasteiger partial charge in [0.1, 0.15) is 24.0 Å². The lowest BCUT2D eigenvalue weighted by molar-refractivity contribution is -0.199. The number of amides is 5. The van der Waals surface area contributed by atoms with Crippen molar-refractivity contribution in [3.8, 4) is 11.8 Å². The molecule has 62 heavy (non-hydrogen) atoms. The number of hydrogen-bond acceptors (Lipinski definition) is 11. The number of halogens is 1. The molecule has 14 nitrogen and oxygen atoms in total. The van der Waals surface area contributed by atoms with Crippen LogP contribution in [0.2, 0.25) is 5.02 Å². The molecular formula is C47H52ClN7O7. The fourth-order valence-corrected chi connectivity index (χ4v) is 11.8. The summed E-state index contributed by atoms with van der Waals surface area (Å²) in [7, 11) is 1.79. The number of methoxy groups -OCH3 is 1. The van der Waals surface area contributed by atoms with Gasteiger partial charge in [-0.15, -0.1) is 0 Å². The molecule has 0 bridgehead atoms. The number of piperazine rings is 1. The molecule has 1 aliphatic carbocycles. The van der Waals surface area contributed by atoms with Crippen LogP contribution in [-0.2, 0) is 20.9 Å². The predicted octanol–water partition coefficient (Wildman–Crippen LogP) is 5.26. The number of nitrogens with zero attached hydrogens (tertiary/aromatic N) is 6. The van der Waals surface area contributed by atoms with Gasteiger partial charge in [0.2, 0.25) is 11.8 Å². The Kier molecular flexibility index (Phi) is 10.4. The fraction of sp³-hybridized carbons (Fsp3) is 0.489. The number of rotatable bonds is 9. The Bertz CT molecular complexity index is 2410. The average molecular weight is 862 g/mol. The minimum absolute atomic E-state index is 0.0504. The first-order valence-corrected chi connectivity index (χ1v) is 21.9. The third-order valence-electron chi connectivity index (χ3n) is 14.5. The molecule has 1 atom stereocenters. The topological polar surface area (TPSA) is 156 Å². The van der Waals surface area contributed by atoms with E-state index in [9.17, 15) is 29.2 Å². The Morgan fingerprint density at radius 3 is 2.08 bits per heavy atom. The lowest BCUT2D eigenvalue weighted by atomic mass is 9.49. The van der Waals surface area contributed by atoms with E-state index < -0.39 is 29.7 Å². The number of fused-ring (bicyclic) bond motifs is 2. The molecular weight excluding hydrogens is 810 g/mol. The van der Waals surface area contributed by atoms with Crippen molar-refractivity contribution in [1.82, 2.24) is 20.0 Å². The number of carbonyl (C=O) groups excluding carboxylic acids is 5. The maximum absolute atomic E-state index is 14.0. The zero-order valence-corrected chi connectivity index (χ0v) is 36.6. The number of anilines is 2. The second-order valence-corrected chi connectivity index (χ2v) is 19.3. The number of ether oxygens (including phenoxy) is 2. The number of piperidine rings is 2. The van der Waals surface area contributed by atoms with E-state index in [1.165, 1.54) is 0 Å². The van der Waals surface area contributed by atoms with Crippen molar-refractivity contribution in [2.75, 3.05) is 62.7 Å². The Morgan fingerprint density at radius 1 is 0.790 bits per heavy atom. The predicted molar refractivity (Wildman–Crippen MR) is 231 cm³/mol. The second-order valence-electron chi connectivity index (χ2n) is 18.9. The SMILES string of the molecule is COC1(CN2CCN(c3ccc4c(c3)CN([C@H]3C(C)(C)[C@H](Oc5ccc(C#N)c(Cl)c5)C3(C)C)C4=O)CC2)CCN(c2ccc3c(c2)C(=O)N(C2CCC(=O)NC2=O)C3=O)CC1. The van der Waals surface area contributed by atoms with Crippen LogP contribution in [0.3, 0.4) is 0 Å². The summed E-state index contributed by atoms with van der Waals surface area (Å²) >= 11 is 6.31. The van der Waals surface area contributed by atoms with Gasteiger partial charge >= 0.3 is 0 Å². The fourth-order valence-electron chi connectivity index (χ4n) is 11.6. The quantitative estimate of drug-likeness (QED) is 0.280. The van der Waals surface area contributed by atoms with Crippen molar-refractivity contribution in [3.05, 3.63) is 87.4 Å². The van der Waals surface area contributed by atoms with Gasteiger partial charge in [-0.25, -0.2) is 0 Å². The van der Waals surface area contributed by atoms with E-state index in [1.807, 2.05) is 17.0 Å². The first-order chi connectivity index (χ1) is 29.5. The summed E-state index contributed by atoms with van der Waals surface area (Å²) in [5.41, 5.74) is 3.70. The van der Waals surface area contributed by atoms with Crippen molar-refractivity contribution in [1.29, 1.82) is 5.26 Å². The molecule has 0 radical (unpaired) electrons. The first kappa shape index (κ1) is 41.8. The number of nitrogens with one attached hydrogen (secondary N) is 1. The molecule has 324 valence electrons. The van der Waals surface area contributed by atoms with Crippen molar-refractivity contribution >= 4 is 52.5 Å². The normalized spacial score (nSPS) is 25.3. The summed E-state index contributed by atoms with van der Waals surface area (Å²) in [6.07, 6.45) is 1.60. The van der Waals surface area contributed by atoms with Gasteiger partial charge in [-0.1, -0.05) is 39.3 Å². The van der Waals surface area contributed by atoms with Gasteiger partial charge in [0.05, 0.1) is 27.3 Å². The summed E-state index contributed by atoms with van der Waals surface area (Å²) in [5, 5.41) is 11.9. The van der Waals surface area contributed by atoms with Gasteiger partial charge in [0.25, 0.3) is 17.7 Å². The molecule has 3 aromatic carbocycles. The van der Waals surface area contributed by atoms with Crippen LogP contribution in [0.25, 0.3) is 0 Å². The third-order valence-corrected chi connectivity index (χ3v) is 14.8. The number of carbonyl (C=O) groups is 5. The van der Waals surface area contributed by atoms with Crippen molar-refractivity contribution in [3.63, 3.8) is 0 Å². The molecule has 0 spiro atoms. The van der Waals surface area contributed by atoms with Crippen LogP contribution in [0.15, 0.2) is 54.6 Å². The Labute approximate surface area is 366 Å². The molecule has 1 N–H and O–H groups in total. The Balaban J connectivity index is 0.791. The molecule has 4 fully saturated rings. The maximum Gasteiger partial charge on any atom is 0.262 e. The molecule has 15 heteroatoms. The van der Waals surface area contributed by atoms with Gasteiger partial charge in [-0.05, 0) is 73.4 Å². The number of nitriles is 1. The summed E-state index contributed by atoms with van der Waals surface area (Å²) in [6.45, 7) is 14.8. The highest BCUT2D eigenvalue weighted by molar-refractivity contribution is 6.31. The van der Waals surface area contributed by atoms with Gasteiger partial charge in [0, 0.05) is 106 Å². The third kappa shape index (κ3) is 6.89. The lowest BCUT2D eigenvalue weighted by Crippen LogP contribution is -2.74. The zero-order valence-electron chi connectivity index (χ0n) is 35.8. The Hall–Kier alpha value is -5.49. The number of imide groups is 2. The lowest BCUT2D eigenvalue weighted by Gasteiger charge is -2.65. The average Bonchev–Trinajstić information content (AvgIpc) is 3.69. The van der Waals surface area contributed by atoms with Gasteiger partial charge in [0.15, 0.2) is 0 Å². The van der Waals surface area contributed by atoms with Gasteiger partial charge < -0.3 is 24.2 Å². The highest BCUT2D eigenvalue weighted by Gasteiger charge is 2.67. The van der Waals surface area contributed by atoms with Crippen LogP contribution in [0.1, 0.15) is 95.6 Å². The van der Waals surface area contributed by atoms with Crippen LogP contribution in [-0.4, -0.2) is 121 Å². The second kappa shape index (κ2) is 15.4. The summed E-state index contributed by atoms with van der Waals surface area (Å²) in [4.78, 5) is 75.0. The zero-order chi connectivity index (χ0) is 43.9. The Morgan fingerprint density at radius 2 is 1.44 bits per heavy atom. The monoisotopic (exact) mass is 861 g/mol. The smallest absolute Gasteiger partial charge is 0.262 e. The molecule has 3 aromatic rings. The van der Waals surface area contributed by atoms with E-state index in [0.29, 0.717) is 36.0 Å². The number of hydrogen-bond donors (Lipinski definition) is 1. The first-order valence-electron chi connectivity index (χ1n) is 21.5. The van der Waals surface area contributed by atoms with Crippen LogP contribution in [0.4, 0.5) is 11.4 Å². The molecule has 3 saturated heterocycles. The van der Waals surface area contributed by atoms with Crippen LogP contribution in [0.5, 0.6) is 5.75 Å². The molecule has 5 heterocycles. The van der Waals surface area contributed by atoms with E-state index in [0.717, 1.165) is 73.0 Å². The molecule has 0 aromatic heterocycles. The molecule has 6 aliphatic rings. The van der Waals surface area contributed by atoms with Crippen LogP contribution < -0.4 is 19.9 Å². The summed E-state index contributed by atoms with van der Waals surface area (Å²) in [5.74, 6) is -1.37. The van der Waals surface area contributed by atoms with E-state index in [1.54, 1.807) is 37.4 Å². The molecule has 1 unspecified atom stereocenters. The van der Waals surface area contributed by atoms with Gasteiger partial charge in [-0.2, -0.15) is 5.26 Å². The van der Waals surface area contributed by atoms with Crippen molar-refractivity contribution in [2.45, 2.75) is 83.7 Å². The maximum atomic E-state index is 14.0. The minimum atomic E-state index is -0.995. The van der Waals surface area contributed by atoms with Gasteiger partial charge in [-0.3, -0.25) is 39.1 Å². The minimum Gasteiger partial charge on any atom is -0.489 e. The van der Waals surface area contributed by atoms with E-state index in [4.69, 9.17) is 21.1 Å². The van der Waals surface area contributed by atoms with E-state index in [2.05, 4.69) is 65.9 Å². The van der Waals surface area contributed by atoms with E-state index in [-0.39, 0.29) is 58.5 Å². The summed E-state index contributed by atoms with van der Waals surface area (Å²) in [6, 6.07) is 17.7. The molecule has 5 aliphatic heterocycles. The standard InChI is InChI=1S/C47H52ClN7O7/c1-45(2)43(46(3,4)44(45)62-32-9-6-28(25-49)36(48)24-32)54-26-29-22-30(7-10-33(29)40(54)58)53-20-18-51(19-21-53)27-47(61-5)14-16-52(17-15-47)31-8-11-34-35(23-31)42(60)55(41(34)59)37-12-13-38(56)50-39(37)57/h6-11,22-24,37,43-44H,12-21,26-27H2,1-5H3,(H,50,56,57)/t37?,43-,44-. The van der Waals surface area contributed by atoms with Crippen LogP contribution in [0, 0.1) is 22.2 Å². The van der Waals surface area contributed by atoms with E-state index >= 15 is 0 Å².